The standard InChI is InChI=1S/C24H27NO/c1-4-10-21(11-5-2)25-22-15-14-19(24(26)6-3)16-20(22)17-23(25)18-12-8-7-9-13-18/h4,7-10,12-17,21H,5-6,11H2,1-3H3/b10-4-. The minimum Gasteiger partial charge on any atom is -0.333 e. The van der Waals surface area contributed by atoms with Crippen molar-refractivity contribution in [1.29, 1.82) is 0 Å². The predicted octanol–water partition coefficient (Wildman–Crippen LogP) is 6.82. The number of benzene rings is 2. The Morgan fingerprint density at radius 3 is 2.50 bits per heavy atom. The number of fused-ring (bicyclic) bond motifs is 1. The molecule has 2 aromatic carbocycles. The van der Waals surface area contributed by atoms with Gasteiger partial charge in [0.1, 0.15) is 0 Å². The van der Waals surface area contributed by atoms with E-state index in [1.807, 2.05) is 25.1 Å². The fourth-order valence-corrected chi connectivity index (χ4v) is 3.63. The lowest BCUT2D eigenvalue weighted by Gasteiger charge is -2.20. The molecule has 1 atom stereocenters. The van der Waals surface area contributed by atoms with Crippen LogP contribution in [0.15, 0.2) is 66.7 Å². The van der Waals surface area contributed by atoms with E-state index in [4.69, 9.17) is 0 Å². The molecule has 1 heterocycles. The maximum atomic E-state index is 12.1. The fourth-order valence-electron chi connectivity index (χ4n) is 3.63. The van der Waals surface area contributed by atoms with E-state index in [2.05, 4.69) is 67.0 Å². The zero-order chi connectivity index (χ0) is 18.5. The molecule has 26 heavy (non-hydrogen) atoms. The van der Waals surface area contributed by atoms with E-state index in [0.29, 0.717) is 12.5 Å². The molecule has 1 aromatic heterocycles. The molecule has 3 rings (SSSR count). The lowest BCUT2D eigenvalue weighted by molar-refractivity contribution is 0.0988. The molecular weight excluding hydrogens is 318 g/mol. The summed E-state index contributed by atoms with van der Waals surface area (Å²) in [5, 5.41) is 1.13. The average Bonchev–Trinajstić information content (AvgIpc) is 3.06. The number of hydrogen-bond donors (Lipinski definition) is 0. The van der Waals surface area contributed by atoms with Crippen LogP contribution in [0.3, 0.4) is 0 Å². The van der Waals surface area contributed by atoms with E-state index in [-0.39, 0.29) is 5.78 Å². The first kappa shape index (κ1) is 18.2. The third kappa shape index (κ3) is 3.50. The van der Waals surface area contributed by atoms with Crippen LogP contribution < -0.4 is 0 Å². The van der Waals surface area contributed by atoms with Crippen LogP contribution in [0.5, 0.6) is 0 Å². The summed E-state index contributed by atoms with van der Waals surface area (Å²) in [7, 11) is 0. The summed E-state index contributed by atoms with van der Waals surface area (Å²) in [5.74, 6) is 0.194. The van der Waals surface area contributed by atoms with Crippen LogP contribution in [-0.4, -0.2) is 10.4 Å². The quantitative estimate of drug-likeness (QED) is 0.340. The van der Waals surface area contributed by atoms with Crippen LogP contribution >= 0.6 is 0 Å². The summed E-state index contributed by atoms with van der Waals surface area (Å²) in [5.41, 5.74) is 4.40. The molecule has 2 nitrogen and oxygen atoms in total. The molecule has 0 aliphatic carbocycles. The Morgan fingerprint density at radius 1 is 1.08 bits per heavy atom. The summed E-state index contributed by atoms with van der Waals surface area (Å²) in [6.45, 7) is 6.22. The Kier molecular flexibility index (Phi) is 5.72. The number of ketones is 1. The zero-order valence-corrected chi connectivity index (χ0v) is 15.9. The van der Waals surface area contributed by atoms with Crippen LogP contribution in [0.4, 0.5) is 0 Å². The number of carbonyl (C=O) groups is 1. The van der Waals surface area contributed by atoms with E-state index in [1.165, 1.54) is 16.8 Å². The SMILES string of the molecule is C/C=C\C(CCC)n1c(-c2ccccc2)cc2cc(C(=O)CC)ccc21. The number of allylic oxidation sites excluding steroid dienone is 2. The minimum absolute atomic E-state index is 0.194. The second kappa shape index (κ2) is 8.18. The maximum absolute atomic E-state index is 12.1. The van der Waals surface area contributed by atoms with Crippen molar-refractivity contribution >= 4 is 16.7 Å². The van der Waals surface area contributed by atoms with Crippen molar-refractivity contribution in [3.05, 3.63) is 72.3 Å². The highest BCUT2D eigenvalue weighted by atomic mass is 16.1. The topological polar surface area (TPSA) is 22.0 Å². The number of carbonyl (C=O) groups excluding carboxylic acids is 1. The van der Waals surface area contributed by atoms with Gasteiger partial charge < -0.3 is 4.57 Å². The normalized spacial score (nSPS) is 12.7. The summed E-state index contributed by atoms with van der Waals surface area (Å²) < 4.78 is 2.42. The summed E-state index contributed by atoms with van der Waals surface area (Å²) in [4.78, 5) is 12.1. The lowest BCUT2D eigenvalue weighted by atomic mass is 10.1. The van der Waals surface area contributed by atoms with Crippen molar-refractivity contribution in [3.8, 4) is 11.3 Å². The number of rotatable bonds is 7. The molecule has 0 N–H and O–H groups in total. The molecule has 0 aliphatic heterocycles. The molecule has 1 unspecified atom stereocenters. The van der Waals surface area contributed by atoms with Gasteiger partial charge in [0.25, 0.3) is 0 Å². The smallest absolute Gasteiger partial charge is 0.162 e. The molecule has 0 radical (unpaired) electrons. The lowest BCUT2D eigenvalue weighted by Crippen LogP contribution is -2.08. The van der Waals surface area contributed by atoms with Crippen molar-refractivity contribution in [2.45, 2.75) is 46.1 Å². The van der Waals surface area contributed by atoms with Gasteiger partial charge in [-0.25, -0.2) is 0 Å². The van der Waals surface area contributed by atoms with Gasteiger partial charge in [0.15, 0.2) is 5.78 Å². The van der Waals surface area contributed by atoms with Crippen LogP contribution in [0, 0.1) is 0 Å². The third-order valence-corrected chi connectivity index (χ3v) is 4.88. The number of hydrogen-bond acceptors (Lipinski definition) is 1. The molecule has 3 aromatic rings. The molecule has 134 valence electrons. The van der Waals surface area contributed by atoms with Crippen molar-refractivity contribution in [1.82, 2.24) is 4.57 Å². The Hall–Kier alpha value is -2.61. The molecule has 0 aliphatic rings. The Balaban J connectivity index is 2.25. The molecule has 0 amide bonds. The van der Waals surface area contributed by atoms with E-state index in [9.17, 15) is 4.79 Å². The number of Topliss-reactive ketones (excluding diaryl/α,β-unsaturated/α-hetero) is 1. The van der Waals surface area contributed by atoms with Gasteiger partial charge >= 0.3 is 0 Å². The van der Waals surface area contributed by atoms with Gasteiger partial charge in [-0.05, 0) is 43.2 Å². The summed E-state index contributed by atoms with van der Waals surface area (Å²) in [6.07, 6.45) is 7.16. The van der Waals surface area contributed by atoms with Gasteiger partial charge in [-0.15, -0.1) is 0 Å². The van der Waals surface area contributed by atoms with Gasteiger partial charge in [-0.3, -0.25) is 4.79 Å². The van der Waals surface area contributed by atoms with Crippen LogP contribution in [0.2, 0.25) is 0 Å². The third-order valence-electron chi connectivity index (χ3n) is 4.88. The molecule has 0 fully saturated rings. The van der Waals surface area contributed by atoms with E-state index >= 15 is 0 Å². The van der Waals surface area contributed by atoms with E-state index in [0.717, 1.165) is 23.8 Å². The first-order valence-corrected chi connectivity index (χ1v) is 9.56. The van der Waals surface area contributed by atoms with E-state index in [1.54, 1.807) is 0 Å². The van der Waals surface area contributed by atoms with Crippen LogP contribution in [0.25, 0.3) is 22.2 Å². The number of aromatic nitrogens is 1. The van der Waals surface area contributed by atoms with Crippen LogP contribution in [-0.2, 0) is 0 Å². The first-order valence-electron chi connectivity index (χ1n) is 9.56. The monoisotopic (exact) mass is 345 g/mol. The molecule has 2 heteroatoms. The molecular formula is C24H27NO. The largest absolute Gasteiger partial charge is 0.333 e. The molecule has 0 bridgehead atoms. The highest BCUT2D eigenvalue weighted by molar-refractivity contribution is 6.00. The van der Waals surface area contributed by atoms with Gasteiger partial charge in [0.2, 0.25) is 0 Å². The summed E-state index contributed by atoms with van der Waals surface area (Å²) in [6, 6.07) is 19.2. The zero-order valence-electron chi connectivity index (χ0n) is 15.9. The van der Waals surface area contributed by atoms with Crippen molar-refractivity contribution in [2.24, 2.45) is 0 Å². The number of nitrogens with zero attached hydrogens (tertiary/aromatic N) is 1. The van der Waals surface area contributed by atoms with Crippen molar-refractivity contribution in [3.63, 3.8) is 0 Å². The van der Waals surface area contributed by atoms with Gasteiger partial charge in [0, 0.05) is 28.6 Å². The maximum Gasteiger partial charge on any atom is 0.162 e. The van der Waals surface area contributed by atoms with E-state index < -0.39 is 0 Å². The second-order valence-electron chi connectivity index (χ2n) is 6.70. The van der Waals surface area contributed by atoms with Crippen molar-refractivity contribution < 1.29 is 4.79 Å². The second-order valence-corrected chi connectivity index (χ2v) is 6.70. The average molecular weight is 345 g/mol. The Morgan fingerprint density at radius 2 is 1.85 bits per heavy atom. The van der Waals surface area contributed by atoms with Gasteiger partial charge in [-0.1, -0.05) is 62.8 Å². The Labute approximate surface area is 156 Å². The van der Waals surface area contributed by atoms with Gasteiger partial charge in [0.05, 0.1) is 6.04 Å². The highest BCUT2D eigenvalue weighted by Crippen LogP contribution is 2.34. The minimum atomic E-state index is 0.194. The Bertz CT molecular complexity index is 918. The first-order chi connectivity index (χ1) is 12.7. The van der Waals surface area contributed by atoms with Crippen molar-refractivity contribution in [2.75, 3.05) is 0 Å². The summed E-state index contributed by atoms with van der Waals surface area (Å²) >= 11 is 0. The molecule has 0 spiro atoms. The fraction of sp³-hybridized carbons (Fsp3) is 0.292. The van der Waals surface area contributed by atoms with Crippen LogP contribution in [0.1, 0.15) is 56.4 Å². The van der Waals surface area contributed by atoms with Gasteiger partial charge in [-0.2, -0.15) is 0 Å². The highest BCUT2D eigenvalue weighted by Gasteiger charge is 2.17. The predicted molar refractivity (Wildman–Crippen MR) is 111 cm³/mol. The molecule has 0 saturated heterocycles. The molecule has 0 saturated carbocycles.